The van der Waals surface area contributed by atoms with Gasteiger partial charge in [-0.25, -0.2) is 9.97 Å². The summed E-state index contributed by atoms with van der Waals surface area (Å²) in [5.74, 6) is 0. The van der Waals surface area contributed by atoms with E-state index in [0.29, 0.717) is 0 Å². The molecule has 0 fully saturated rings. The largest absolute Gasteiger partial charge is 0.328 e. The molecule has 0 spiro atoms. The van der Waals surface area contributed by atoms with Gasteiger partial charge in [0.2, 0.25) is 0 Å². The van der Waals surface area contributed by atoms with Crippen LogP contribution in [0.1, 0.15) is 17.5 Å². The molecule has 3 rings (SSSR count). The van der Waals surface area contributed by atoms with Gasteiger partial charge in [-0.15, -0.1) is 11.3 Å². The lowest BCUT2D eigenvalue weighted by Crippen LogP contribution is -2.17. The van der Waals surface area contributed by atoms with E-state index in [1.165, 1.54) is 10.9 Å². The number of nitrogens with two attached hydrogens (primary N) is 1. The maximum atomic E-state index is 5.92. The molecule has 0 aromatic carbocycles. The first-order valence-corrected chi connectivity index (χ1v) is 7.18. The first-order valence-electron chi connectivity index (χ1n) is 6.30. The SMILES string of the molecule is CC(N)Cc1cn(Cc2nccs2)c2ncccc12. The zero-order chi connectivity index (χ0) is 13.2. The van der Waals surface area contributed by atoms with E-state index in [1.54, 1.807) is 11.3 Å². The fourth-order valence-electron chi connectivity index (χ4n) is 2.30. The minimum atomic E-state index is 0.152. The van der Waals surface area contributed by atoms with Crippen LogP contribution in [0, 0.1) is 0 Å². The second kappa shape index (κ2) is 5.11. The van der Waals surface area contributed by atoms with Crippen LogP contribution in [0.25, 0.3) is 11.0 Å². The standard InChI is InChI=1S/C14H16N4S/c1-10(15)7-11-8-18(9-13-16-5-6-19-13)14-12(11)3-2-4-17-14/h2-6,8,10H,7,9,15H2,1H3. The van der Waals surface area contributed by atoms with Crippen LogP contribution in [0.15, 0.2) is 36.1 Å². The highest BCUT2D eigenvalue weighted by atomic mass is 32.1. The molecule has 0 bridgehead atoms. The third kappa shape index (κ3) is 2.52. The molecule has 2 N–H and O–H groups in total. The van der Waals surface area contributed by atoms with Crippen molar-refractivity contribution in [3.63, 3.8) is 0 Å². The highest BCUT2D eigenvalue weighted by molar-refractivity contribution is 7.09. The number of pyridine rings is 1. The quantitative estimate of drug-likeness (QED) is 0.793. The van der Waals surface area contributed by atoms with Crippen molar-refractivity contribution < 1.29 is 0 Å². The van der Waals surface area contributed by atoms with Gasteiger partial charge in [-0.2, -0.15) is 0 Å². The predicted octanol–water partition coefficient (Wildman–Crippen LogP) is 2.43. The number of fused-ring (bicyclic) bond motifs is 1. The average molecular weight is 272 g/mol. The Morgan fingerprint density at radius 3 is 3.00 bits per heavy atom. The van der Waals surface area contributed by atoms with Crippen LogP contribution in [0.4, 0.5) is 0 Å². The summed E-state index contributed by atoms with van der Waals surface area (Å²) in [5.41, 5.74) is 8.19. The first kappa shape index (κ1) is 12.3. The monoisotopic (exact) mass is 272 g/mol. The van der Waals surface area contributed by atoms with Gasteiger partial charge in [0.05, 0.1) is 6.54 Å². The van der Waals surface area contributed by atoms with Crippen molar-refractivity contribution in [2.75, 3.05) is 0 Å². The van der Waals surface area contributed by atoms with Crippen molar-refractivity contribution in [1.82, 2.24) is 14.5 Å². The Bertz CT molecular complexity index is 670. The smallest absolute Gasteiger partial charge is 0.140 e. The minimum Gasteiger partial charge on any atom is -0.328 e. The Kier molecular flexibility index (Phi) is 3.31. The summed E-state index contributed by atoms with van der Waals surface area (Å²) in [6.07, 6.45) is 6.69. The highest BCUT2D eigenvalue weighted by Crippen LogP contribution is 2.22. The van der Waals surface area contributed by atoms with Crippen molar-refractivity contribution in [3.8, 4) is 0 Å². The Balaban J connectivity index is 2.04. The second-order valence-electron chi connectivity index (χ2n) is 4.76. The molecule has 3 aromatic heterocycles. The van der Waals surface area contributed by atoms with Gasteiger partial charge in [0.15, 0.2) is 0 Å². The Morgan fingerprint density at radius 2 is 2.26 bits per heavy atom. The van der Waals surface area contributed by atoms with Crippen LogP contribution in [0.2, 0.25) is 0 Å². The summed E-state index contributed by atoms with van der Waals surface area (Å²) in [6, 6.07) is 4.23. The van der Waals surface area contributed by atoms with Gasteiger partial charge in [-0.1, -0.05) is 0 Å². The van der Waals surface area contributed by atoms with Crippen LogP contribution in [-0.4, -0.2) is 20.6 Å². The lowest BCUT2D eigenvalue weighted by atomic mass is 10.1. The lowest BCUT2D eigenvalue weighted by Gasteiger charge is -2.02. The van der Waals surface area contributed by atoms with Gasteiger partial charge in [0.1, 0.15) is 10.7 Å². The fraction of sp³-hybridized carbons (Fsp3) is 0.286. The van der Waals surface area contributed by atoms with Crippen LogP contribution < -0.4 is 5.73 Å². The van der Waals surface area contributed by atoms with E-state index < -0.39 is 0 Å². The summed E-state index contributed by atoms with van der Waals surface area (Å²) < 4.78 is 2.16. The maximum Gasteiger partial charge on any atom is 0.140 e. The van der Waals surface area contributed by atoms with Crippen molar-refractivity contribution in [2.45, 2.75) is 25.9 Å². The molecular weight excluding hydrogens is 256 g/mol. The summed E-state index contributed by atoms with van der Waals surface area (Å²) in [4.78, 5) is 8.82. The summed E-state index contributed by atoms with van der Waals surface area (Å²) >= 11 is 1.67. The first-order chi connectivity index (χ1) is 9.24. The zero-order valence-electron chi connectivity index (χ0n) is 10.8. The number of hydrogen-bond donors (Lipinski definition) is 1. The molecule has 0 amide bonds. The summed E-state index contributed by atoms with van der Waals surface area (Å²) in [6.45, 7) is 2.80. The number of nitrogens with zero attached hydrogens (tertiary/aromatic N) is 3. The lowest BCUT2D eigenvalue weighted by molar-refractivity contribution is 0.734. The molecular formula is C14H16N4S. The summed E-state index contributed by atoms with van der Waals surface area (Å²) in [7, 11) is 0. The number of thiazole rings is 1. The molecule has 0 saturated carbocycles. The molecule has 1 atom stereocenters. The molecule has 0 saturated heterocycles. The van der Waals surface area contributed by atoms with E-state index in [4.69, 9.17) is 5.73 Å². The van der Waals surface area contributed by atoms with Gasteiger partial charge in [0.25, 0.3) is 0 Å². The third-order valence-corrected chi connectivity index (χ3v) is 3.81. The van der Waals surface area contributed by atoms with Gasteiger partial charge >= 0.3 is 0 Å². The molecule has 0 aliphatic heterocycles. The minimum absolute atomic E-state index is 0.152. The molecule has 3 heterocycles. The normalized spacial score (nSPS) is 12.9. The Hall–Kier alpha value is -1.72. The van der Waals surface area contributed by atoms with E-state index >= 15 is 0 Å². The average Bonchev–Trinajstić information content (AvgIpc) is 2.99. The molecule has 0 aliphatic rings. The van der Waals surface area contributed by atoms with Crippen molar-refractivity contribution in [3.05, 3.63) is 46.7 Å². The Morgan fingerprint density at radius 1 is 1.37 bits per heavy atom. The van der Waals surface area contributed by atoms with Crippen molar-refractivity contribution >= 4 is 22.4 Å². The molecule has 4 nitrogen and oxygen atoms in total. The molecule has 19 heavy (non-hydrogen) atoms. The van der Waals surface area contributed by atoms with Crippen LogP contribution in [-0.2, 0) is 13.0 Å². The molecule has 1 unspecified atom stereocenters. The predicted molar refractivity (Wildman–Crippen MR) is 78.3 cm³/mol. The second-order valence-corrected chi connectivity index (χ2v) is 5.74. The third-order valence-electron chi connectivity index (χ3n) is 3.05. The van der Waals surface area contributed by atoms with Gasteiger partial charge in [-0.3, -0.25) is 0 Å². The van der Waals surface area contributed by atoms with E-state index in [9.17, 15) is 0 Å². The topological polar surface area (TPSA) is 56.7 Å². The summed E-state index contributed by atoms with van der Waals surface area (Å²) in [5, 5.41) is 4.28. The van der Waals surface area contributed by atoms with E-state index in [2.05, 4.69) is 26.8 Å². The molecule has 98 valence electrons. The number of hydrogen-bond acceptors (Lipinski definition) is 4. The van der Waals surface area contributed by atoms with E-state index in [0.717, 1.165) is 23.6 Å². The van der Waals surface area contributed by atoms with Crippen LogP contribution in [0.3, 0.4) is 0 Å². The maximum absolute atomic E-state index is 5.92. The number of rotatable bonds is 4. The highest BCUT2D eigenvalue weighted by Gasteiger charge is 2.11. The molecule has 3 aromatic rings. The van der Waals surface area contributed by atoms with E-state index in [-0.39, 0.29) is 6.04 Å². The van der Waals surface area contributed by atoms with Crippen LogP contribution in [0.5, 0.6) is 0 Å². The fourth-order valence-corrected chi connectivity index (χ4v) is 2.92. The van der Waals surface area contributed by atoms with Crippen molar-refractivity contribution in [2.24, 2.45) is 5.73 Å². The molecule has 5 heteroatoms. The van der Waals surface area contributed by atoms with Gasteiger partial charge in [0, 0.05) is 35.4 Å². The molecule has 0 radical (unpaired) electrons. The number of aromatic nitrogens is 3. The van der Waals surface area contributed by atoms with Gasteiger partial charge in [-0.05, 0) is 31.0 Å². The van der Waals surface area contributed by atoms with Crippen LogP contribution >= 0.6 is 11.3 Å². The molecule has 0 aliphatic carbocycles. The van der Waals surface area contributed by atoms with Crippen molar-refractivity contribution in [1.29, 1.82) is 0 Å². The zero-order valence-corrected chi connectivity index (χ0v) is 11.6. The Labute approximate surface area is 115 Å². The van der Waals surface area contributed by atoms with Gasteiger partial charge < -0.3 is 10.3 Å². The van der Waals surface area contributed by atoms with E-state index in [1.807, 2.05) is 30.8 Å².